The third kappa shape index (κ3) is 5.17. The molecule has 9 heteroatoms. The molecule has 36 heavy (non-hydrogen) atoms. The number of methoxy groups -OCH3 is 1. The lowest BCUT2D eigenvalue weighted by atomic mass is 10.00. The predicted octanol–water partition coefficient (Wildman–Crippen LogP) is 4.36. The van der Waals surface area contributed by atoms with Crippen molar-refractivity contribution < 1.29 is 27.1 Å². The van der Waals surface area contributed by atoms with Gasteiger partial charge in [-0.3, -0.25) is 0 Å². The number of rotatable bonds is 7. The molecule has 0 saturated carbocycles. The number of benzene rings is 3. The lowest BCUT2D eigenvalue weighted by molar-refractivity contribution is -0.135. The van der Waals surface area contributed by atoms with Crippen LogP contribution in [0.5, 0.6) is 11.5 Å². The molecule has 0 aliphatic heterocycles. The van der Waals surface area contributed by atoms with Crippen LogP contribution < -0.4 is 19.8 Å². The van der Waals surface area contributed by atoms with E-state index in [0.717, 1.165) is 11.1 Å². The molecule has 0 saturated heterocycles. The third-order valence-corrected chi connectivity index (χ3v) is 7.30. The summed E-state index contributed by atoms with van der Waals surface area (Å²) in [6.45, 7) is 4.90. The zero-order valence-electron chi connectivity index (χ0n) is 20.2. The molecule has 0 aliphatic rings. The molecule has 1 atom stereocenters. The molecule has 4 rings (SSSR count). The van der Waals surface area contributed by atoms with E-state index >= 15 is 0 Å². The molecule has 1 heterocycles. The normalized spacial score (nSPS) is 12.3. The van der Waals surface area contributed by atoms with Crippen molar-refractivity contribution in [2.24, 2.45) is 0 Å². The van der Waals surface area contributed by atoms with E-state index in [1.54, 1.807) is 50.4 Å². The minimum atomic E-state index is -3.92. The number of sulfonamides is 1. The fraction of sp³-hybridized carbons (Fsp3) is 0.185. The number of hydrogen-bond donors (Lipinski definition) is 1. The molecule has 0 fully saturated rings. The molecule has 0 bridgehead atoms. The average molecular weight is 508 g/mol. The maximum Gasteiger partial charge on any atom is 0.336 e. The average Bonchev–Trinajstić information content (AvgIpc) is 2.85. The molecule has 0 radical (unpaired) electrons. The summed E-state index contributed by atoms with van der Waals surface area (Å²) < 4.78 is 43.7. The molecule has 186 valence electrons. The van der Waals surface area contributed by atoms with E-state index in [2.05, 4.69) is 4.72 Å². The molecule has 3 aromatic carbocycles. The van der Waals surface area contributed by atoms with Gasteiger partial charge in [-0.1, -0.05) is 29.8 Å². The van der Waals surface area contributed by atoms with Gasteiger partial charge in [-0.05, 0) is 68.3 Å². The van der Waals surface area contributed by atoms with Crippen molar-refractivity contribution >= 4 is 27.0 Å². The van der Waals surface area contributed by atoms with Gasteiger partial charge in [0.1, 0.15) is 23.1 Å². The standard InChI is InChI=1S/C27H25NO7S/c1-16-5-11-21(12-6-16)36(31,32)28-18(3)27(30)34-24-14-13-22-23(15-25(29)35-26(22)17(24)2)19-7-9-20(33-4)10-8-19/h5-15,18,28H,1-4H3/t18-/m1/s1. The number of aryl methyl sites for hydroxylation is 2. The summed E-state index contributed by atoms with van der Waals surface area (Å²) in [5.41, 5.74) is 2.50. The lowest BCUT2D eigenvalue weighted by Gasteiger charge is -2.16. The van der Waals surface area contributed by atoms with Crippen LogP contribution in [0.4, 0.5) is 0 Å². The minimum Gasteiger partial charge on any atom is -0.497 e. The highest BCUT2D eigenvalue weighted by Crippen LogP contribution is 2.34. The summed E-state index contributed by atoms with van der Waals surface area (Å²) in [5.74, 6) is 0.0363. The Morgan fingerprint density at radius 3 is 2.28 bits per heavy atom. The van der Waals surface area contributed by atoms with E-state index in [1.807, 2.05) is 19.1 Å². The first-order chi connectivity index (χ1) is 17.1. The lowest BCUT2D eigenvalue weighted by Crippen LogP contribution is -2.40. The molecule has 4 aromatic rings. The van der Waals surface area contributed by atoms with Crippen molar-refractivity contribution in [3.05, 3.63) is 88.3 Å². The van der Waals surface area contributed by atoms with E-state index < -0.39 is 27.7 Å². The molecule has 0 unspecified atom stereocenters. The number of ether oxygens (including phenoxy) is 2. The number of hydrogen-bond acceptors (Lipinski definition) is 7. The monoisotopic (exact) mass is 507 g/mol. The predicted molar refractivity (Wildman–Crippen MR) is 136 cm³/mol. The van der Waals surface area contributed by atoms with Crippen LogP contribution in [-0.4, -0.2) is 27.5 Å². The van der Waals surface area contributed by atoms with Crippen LogP contribution in [0.2, 0.25) is 0 Å². The second kappa shape index (κ2) is 9.96. The molecule has 1 aromatic heterocycles. The molecule has 8 nitrogen and oxygen atoms in total. The Balaban J connectivity index is 1.61. The van der Waals surface area contributed by atoms with Gasteiger partial charge in [0.25, 0.3) is 0 Å². The smallest absolute Gasteiger partial charge is 0.336 e. The molecule has 1 N–H and O–H groups in total. The quantitative estimate of drug-likeness (QED) is 0.225. The molecule has 0 amide bonds. The van der Waals surface area contributed by atoms with Crippen LogP contribution in [0.15, 0.2) is 80.8 Å². The Morgan fingerprint density at radius 2 is 1.64 bits per heavy atom. The first-order valence-corrected chi connectivity index (χ1v) is 12.6. The van der Waals surface area contributed by atoms with E-state index in [4.69, 9.17) is 13.9 Å². The van der Waals surface area contributed by atoms with Gasteiger partial charge in [-0.15, -0.1) is 0 Å². The number of esters is 1. The van der Waals surface area contributed by atoms with Gasteiger partial charge in [0, 0.05) is 17.0 Å². The van der Waals surface area contributed by atoms with Gasteiger partial charge in [0.2, 0.25) is 10.0 Å². The van der Waals surface area contributed by atoms with Gasteiger partial charge >= 0.3 is 11.6 Å². The van der Waals surface area contributed by atoms with E-state index in [0.29, 0.717) is 22.3 Å². The summed E-state index contributed by atoms with van der Waals surface area (Å²) in [4.78, 5) is 25.1. The highest BCUT2D eigenvalue weighted by Gasteiger charge is 2.24. The van der Waals surface area contributed by atoms with Gasteiger partial charge in [-0.2, -0.15) is 4.72 Å². The second-order valence-electron chi connectivity index (χ2n) is 8.35. The topological polar surface area (TPSA) is 112 Å². The molecule has 0 aliphatic carbocycles. The number of fused-ring (bicyclic) bond motifs is 1. The van der Waals surface area contributed by atoms with Crippen LogP contribution in [0, 0.1) is 13.8 Å². The Morgan fingerprint density at radius 1 is 0.972 bits per heavy atom. The highest BCUT2D eigenvalue weighted by molar-refractivity contribution is 7.89. The SMILES string of the molecule is COc1ccc(-c2cc(=O)oc3c(C)c(OC(=O)[C@@H](C)NS(=O)(=O)c4ccc(C)cc4)ccc23)cc1. The van der Waals surface area contributed by atoms with Crippen molar-refractivity contribution in [1.29, 1.82) is 0 Å². The maximum absolute atomic E-state index is 12.7. The molecular weight excluding hydrogens is 482 g/mol. The van der Waals surface area contributed by atoms with Gasteiger partial charge in [0.15, 0.2) is 0 Å². The van der Waals surface area contributed by atoms with E-state index in [1.165, 1.54) is 25.1 Å². The Hall–Kier alpha value is -3.95. The largest absolute Gasteiger partial charge is 0.497 e. The Labute approximate surface area is 208 Å². The first kappa shape index (κ1) is 25.2. The highest BCUT2D eigenvalue weighted by atomic mass is 32.2. The summed E-state index contributed by atoms with van der Waals surface area (Å²) in [6, 6.07) is 17.0. The fourth-order valence-corrected chi connectivity index (χ4v) is 4.92. The fourth-order valence-electron chi connectivity index (χ4n) is 3.73. The van der Waals surface area contributed by atoms with Gasteiger partial charge in [0.05, 0.1) is 12.0 Å². The van der Waals surface area contributed by atoms with Crippen LogP contribution in [0.25, 0.3) is 22.1 Å². The van der Waals surface area contributed by atoms with Crippen molar-refractivity contribution in [3.63, 3.8) is 0 Å². The van der Waals surface area contributed by atoms with Crippen molar-refractivity contribution in [2.75, 3.05) is 7.11 Å². The zero-order chi connectivity index (χ0) is 26.0. The number of carbonyl (C=O) groups excluding carboxylic acids is 1. The van der Waals surface area contributed by atoms with Crippen molar-refractivity contribution in [1.82, 2.24) is 4.72 Å². The summed E-state index contributed by atoms with van der Waals surface area (Å²) in [7, 11) is -2.35. The summed E-state index contributed by atoms with van der Waals surface area (Å²) >= 11 is 0. The second-order valence-corrected chi connectivity index (χ2v) is 10.1. The van der Waals surface area contributed by atoms with Crippen molar-refractivity contribution in [2.45, 2.75) is 31.7 Å². The van der Waals surface area contributed by atoms with Crippen LogP contribution in [0.3, 0.4) is 0 Å². The number of nitrogens with one attached hydrogen (secondary N) is 1. The molecular formula is C27H25NO7S. The zero-order valence-corrected chi connectivity index (χ0v) is 21.0. The Bertz CT molecular complexity index is 1590. The van der Waals surface area contributed by atoms with Gasteiger partial charge < -0.3 is 13.9 Å². The Kier molecular flexibility index (Phi) is 6.96. The summed E-state index contributed by atoms with van der Waals surface area (Å²) in [5, 5.41) is 0.658. The van der Waals surface area contributed by atoms with E-state index in [-0.39, 0.29) is 16.2 Å². The van der Waals surface area contributed by atoms with Crippen LogP contribution >= 0.6 is 0 Å². The maximum atomic E-state index is 12.7. The third-order valence-electron chi connectivity index (χ3n) is 5.74. The van der Waals surface area contributed by atoms with Crippen molar-refractivity contribution in [3.8, 4) is 22.6 Å². The molecule has 0 spiro atoms. The first-order valence-electron chi connectivity index (χ1n) is 11.1. The van der Waals surface area contributed by atoms with Gasteiger partial charge in [-0.25, -0.2) is 18.0 Å². The number of carbonyl (C=O) groups is 1. The van der Waals surface area contributed by atoms with Crippen LogP contribution in [0.1, 0.15) is 18.1 Å². The van der Waals surface area contributed by atoms with Crippen LogP contribution in [-0.2, 0) is 14.8 Å². The minimum absolute atomic E-state index is 0.0440. The summed E-state index contributed by atoms with van der Waals surface area (Å²) in [6.07, 6.45) is 0. The van der Waals surface area contributed by atoms with E-state index in [9.17, 15) is 18.0 Å².